The van der Waals surface area contributed by atoms with Gasteiger partial charge in [-0.1, -0.05) is 31.2 Å². The number of ether oxygens (including phenoxy) is 1. The minimum atomic E-state index is -1.47. The number of Topliss-reactive ketones (excluding diaryl/α,β-unsaturated/α-hetero) is 1. The number of carboxylic acids is 1. The van der Waals surface area contributed by atoms with Crippen molar-refractivity contribution in [3.05, 3.63) is 35.4 Å². The molecule has 0 bridgehead atoms. The van der Waals surface area contributed by atoms with Crippen molar-refractivity contribution in [2.45, 2.75) is 33.6 Å². The number of carbonyl (C=O) groups is 3. The first kappa shape index (κ1) is 16.9. The molecule has 0 saturated carbocycles. The molecule has 1 aromatic rings. The Balaban J connectivity index is 2.52. The summed E-state index contributed by atoms with van der Waals surface area (Å²) >= 11 is 0. The Morgan fingerprint density at radius 3 is 2.19 bits per heavy atom. The van der Waals surface area contributed by atoms with E-state index >= 15 is 0 Å². The number of esters is 1. The first-order valence-electron chi connectivity index (χ1n) is 6.81. The van der Waals surface area contributed by atoms with Gasteiger partial charge < -0.3 is 9.84 Å². The lowest BCUT2D eigenvalue weighted by atomic mass is 9.91. The topological polar surface area (TPSA) is 80.7 Å². The molecule has 0 spiro atoms. The standard InChI is InChI=1S/C16H20O5/c1-4-16(2,3)15(20)21-10-9-11-5-7-12(8-6-11)13(17)14(18)19/h5-8H,4,9-10H2,1-3H3,(H,18,19). The first-order valence-corrected chi connectivity index (χ1v) is 6.81. The molecule has 21 heavy (non-hydrogen) atoms. The van der Waals surface area contributed by atoms with E-state index in [1.807, 2.05) is 20.8 Å². The summed E-state index contributed by atoms with van der Waals surface area (Å²) < 4.78 is 5.22. The van der Waals surface area contributed by atoms with Crippen LogP contribution in [0.1, 0.15) is 43.1 Å². The fourth-order valence-corrected chi connectivity index (χ4v) is 1.55. The van der Waals surface area contributed by atoms with Crippen LogP contribution in [0.25, 0.3) is 0 Å². The minimum absolute atomic E-state index is 0.135. The zero-order valence-electron chi connectivity index (χ0n) is 12.5. The predicted octanol–water partition coefficient (Wildman–Crippen LogP) is 2.48. The second kappa shape index (κ2) is 7.02. The van der Waals surface area contributed by atoms with Gasteiger partial charge in [-0.3, -0.25) is 9.59 Å². The lowest BCUT2D eigenvalue weighted by Gasteiger charge is -2.20. The van der Waals surface area contributed by atoms with Crippen LogP contribution in [0.5, 0.6) is 0 Å². The number of aliphatic carboxylic acids is 1. The van der Waals surface area contributed by atoms with Gasteiger partial charge in [0.25, 0.3) is 5.78 Å². The second-order valence-electron chi connectivity index (χ2n) is 5.45. The molecule has 0 aliphatic rings. The van der Waals surface area contributed by atoms with E-state index in [1.54, 1.807) is 12.1 Å². The van der Waals surface area contributed by atoms with Gasteiger partial charge in [-0.25, -0.2) is 4.79 Å². The third-order valence-corrected chi connectivity index (χ3v) is 3.47. The van der Waals surface area contributed by atoms with E-state index in [0.717, 1.165) is 5.56 Å². The van der Waals surface area contributed by atoms with E-state index in [4.69, 9.17) is 9.84 Å². The highest BCUT2D eigenvalue weighted by atomic mass is 16.5. The van der Waals surface area contributed by atoms with Gasteiger partial charge in [-0.15, -0.1) is 0 Å². The van der Waals surface area contributed by atoms with Crippen LogP contribution in [0.15, 0.2) is 24.3 Å². The largest absolute Gasteiger partial charge is 0.475 e. The maximum Gasteiger partial charge on any atom is 0.377 e. The lowest BCUT2D eigenvalue weighted by Crippen LogP contribution is -2.26. The Morgan fingerprint density at radius 1 is 1.14 bits per heavy atom. The van der Waals surface area contributed by atoms with Crippen LogP contribution in [0.2, 0.25) is 0 Å². The van der Waals surface area contributed by atoms with Gasteiger partial charge in [0.05, 0.1) is 12.0 Å². The zero-order valence-corrected chi connectivity index (χ0v) is 12.5. The van der Waals surface area contributed by atoms with E-state index in [9.17, 15) is 14.4 Å². The highest BCUT2D eigenvalue weighted by Crippen LogP contribution is 2.21. The molecule has 1 rings (SSSR count). The second-order valence-corrected chi connectivity index (χ2v) is 5.45. The summed E-state index contributed by atoms with van der Waals surface area (Å²) in [6.45, 7) is 5.86. The van der Waals surface area contributed by atoms with Crippen LogP contribution in [-0.2, 0) is 20.7 Å². The number of benzene rings is 1. The molecule has 114 valence electrons. The molecular formula is C16H20O5. The highest BCUT2D eigenvalue weighted by Gasteiger charge is 2.26. The Kier molecular flexibility index (Phi) is 5.64. The Morgan fingerprint density at radius 2 is 1.71 bits per heavy atom. The molecule has 0 amide bonds. The third-order valence-electron chi connectivity index (χ3n) is 3.47. The maximum absolute atomic E-state index is 11.8. The SMILES string of the molecule is CCC(C)(C)C(=O)OCCc1ccc(C(=O)C(=O)O)cc1. The van der Waals surface area contributed by atoms with Crippen molar-refractivity contribution < 1.29 is 24.2 Å². The number of rotatable bonds is 7. The summed E-state index contributed by atoms with van der Waals surface area (Å²) in [6, 6.07) is 6.25. The van der Waals surface area contributed by atoms with Crippen molar-refractivity contribution in [1.82, 2.24) is 0 Å². The molecule has 1 N–H and O–H groups in total. The number of hydrogen-bond donors (Lipinski definition) is 1. The van der Waals surface area contributed by atoms with E-state index < -0.39 is 17.2 Å². The van der Waals surface area contributed by atoms with Crippen LogP contribution < -0.4 is 0 Å². The molecule has 5 nitrogen and oxygen atoms in total. The van der Waals surface area contributed by atoms with Crippen molar-refractivity contribution in [2.24, 2.45) is 5.41 Å². The normalized spacial score (nSPS) is 11.0. The fraction of sp³-hybridized carbons (Fsp3) is 0.438. The molecule has 5 heteroatoms. The zero-order chi connectivity index (χ0) is 16.0. The van der Waals surface area contributed by atoms with Crippen molar-refractivity contribution in [2.75, 3.05) is 6.61 Å². The molecule has 0 heterocycles. The molecule has 0 aromatic heterocycles. The molecule has 0 unspecified atom stereocenters. The molecule has 0 fully saturated rings. The van der Waals surface area contributed by atoms with Gasteiger partial charge in [0.2, 0.25) is 0 Å². The summed E-state index contributed by atoms with van der Waals surface area (Å²) in [6.07, 6.45) is 1.23. The van der Waals surface area contributed by atoms with Crippen LogP contribution >= 0.6 is 0 Å². The molecular weight excluding hydrogens is 272 g/mol. The molecule has 0 aliphatic heterocycles. The van der Waals surface area contributed by atoms with Gasteiger partial charge in [-0.2, -0.15) is 0 Å². The predicted molar refractivity (Wildman–Crippen MR) is 77.1 cm³/mol. The summed E-state index contributed by atoms with van der Waals surface area (Å²) in [5, 5.41) is 8.60. The number of ketones is 1. The molecule has 0 atom stereocenters. The number of carboxylic acid groups (broad SMARTS) is 1. The molecule has 0 radical (unpaired) electrons. The van der Waals surface area contributed by atoms with Crippen LogP contribution in [0, 0.1) is 5.41 Å². The van der Waals surface area contributed by atoms with Crippen LogP contribution in [0.4, 0.5) is 0 Å². The molecule has 1 aromatic carbocycles. The fourth-order valence-electron chi connectivity index (χ4n) is 1.55. The van der Waals surface area contributed by atoms with Crippen molar-refractivity contribution >= 4 is 17.7 Å². The van der Waals surface area contributed by atoms with Gasteiger partial charge in [0.15, 0.2) is 0 Å². The van der Waals surface area contributed by atoms with E-state index in [0.29, 0.717) is 12.8 Å². The molecule has 0 saturated heterocycles. The smallest absolute Gasteiger partial charge is 0.377 e. The van der Waals surface area contributed by atoms with Crippen molar-refractivity contribution in [3.8, 4) is 0 Å². The first-order chi connectivity index (χ1) is 9.77. The van der Waals surface area contributed by atoms with Crippen LogP contribution in [-0.4, -0.2) is 29.4 Å². The number of carbonyl (C=O) groups excluding carboxylic acids is 2. The van der Waals surface area contributed by atoms with Gasteiger partial charge in [0, 0.05) is 12.0 Å². The van der Waals surface area contributed by atoms with Crippen molar-refractivity contribution in [1.29, 1.82) is 0 Å². The summed E-state index contributed by atoms with van der Waals surface area (Å²) in [5.74, 6) is -2.64. The Hall–Kier alpha value is -2.17. The monoisotopic (exact) mass is 292 g/mol. The Bertz CT molecular complexity index is 528. The average molecular weight is 292 g/mol. The van der Waals surface area contributed by atoms with E-state index in [2.05, 4.69) is 0 Å². The highest BCUT2D eigenvalue weighted by molar-refractivity contribution is 6.39. The van der Waals surface area contributed by atoms with E-state index in [-0.39, 0.29) is 18.1 Å². The summed E-state index contributed by atoms with van der Waals surface area (Å²) in [7, 11) is 0. The van der Waals surface area contributed by atoms with Gasteiger partial charge in [-0.05, 0) is 25.8 Å². The summed E-state index contributed by atoms with van der Waals surface area (Å²) in [4.78, 5) is 33.6. The van der Waals surface area contributed by atoms with Gasteiger partial charge in [0.1, 0.15) is 0 Å². The molecule has 0 aliphatic carbocycles. The maximum atomic E-state index is 11.8. The van der Waals surface area contributed by atoms with E-state index in [1.165, 1.54) is 12.1 Å². The Labute approximate surface area is 123 Å². The lowest BCUT2D eigenvalue weighted by molar-refractivity contribution is -0.154. The van der Waals surface area contributed by atoms with Gasteiger partial charge >= 0.3 is 11.9 Å². The van der Waals surface area contributed by atoms with Crippen molar-refractivity contribution in [3.63, 3.8) is 0 Å². The third kappa shape index (κ3) is 4.70. The average Bonchev–Trinajstić information content (AvgIpc) is 2.46. The number of hydrogen-bond acceptors (Lipinski definition) is 4. The van der Waals surface area contributed by atoms with Crippen LogP contribution in [0.3, 0.4) is 0 Å². The summed E-state index contributed by atoms with van der Waals surface area (Å²) in [5.41, 5.74) is 0.520. The minimum Gasteiger partial charge on any atom is -0.475 e. The quantitative estimate of drug-likeness (QED) is 0.474.